The molecule has 6 heteroatoms. The number of benzene rings is 1. The van der Waals surface area contributed by atoms with Crippen LogP contribution in [0.25, 0.3) is 0 Å². The summed E-state index contributed by atoms with van der Waals surface area (Å²) >= 11 is 0. The third-order valence-electron chi connectivity index (χ3n) is 4.90. The number of piperidine rings is 1. The van der Waals surface area contributed by atoms with Gasteiger partial charge in [-0.1, -0.05) is 19.1 Å². The van der Waals surface area contributed by atoms with E-state index in [0.29, 0.717) is 0 Å². The van der Waals surface area contributed by atoms with E-state index >= 15 is 0 Å². The predicted octanol–water partition coefficient (Wildman–Crippen LogP) is 3.57. The van der Waals surface area contributed by atoms with Crippen molar-refractivity contribution in [3.8, 4) is 0 Å². The highest BCUT2D eigenvalue weighted by Crippen LogP contribution is 2.19. The number of hydrogen-bond donors (Lipinski definition) is 1. The van der Waals surface area contributed by atoms with Gasteiger partial charge in [0.2, 0.25) is 0 Å². The average Bonchev–Trinajstić information content (AvgIpc) is 2.61. The molecule has 1 aliphatic heterocycles. The zero-order chi connectivity index (χ0) is 17.4. The van der Waals surface area contributed by atoms with Crippen molar-refractivity contribution in [3.63, 3.8) is 0 Å². The molecule has 142 valence electrons. The van der Waals surface area contributed by atoms with Crippen molar-refractivity contribution >= 4 is 29.9 Å². The molecule has 4 nitrogen and oxygen atoms in total. The molecule has 0 aromatic heterocycles. The molecule has 0 saturated carbocycles. The number of likely N-dealkylation sites (tertiary alicyclic amines) is 1. The number of halogens is 2. The Bertz CT molecular complexity index is 513. The van der Waals surface area contributed by atoms with Crippen molar-refractivity contribution in [2.24, 2.45) is 10.9 Å². The molecule has 0 aliphatic carbocycles. The van der Waals surface area contributed by atoms with Gasteiger partial charge in [-0.2, -0.15) is 0 Å². The minimum Gasteiger partial charge on any atom is -0.356 e. The van der Waals surface area contributed by atoms with E-state index in [0.717, 1.165) is 30.5 Å². The normalized spacial score (nSPS) is 16.4. The lowest BCUT2D eigenvalue weighted by molar-refractivity contribution is 0.187. The largest absolute Gasteiger partial charge is 0.356 e. The highest BCUT2D eigenvalue weighted by molar-refractivity contribution is 14.0. The second-order valence-corrected chi connectivity index (χ2v) is 6.62. The Morgan fingerprint density at radius 2 is 1.92 bits per heavy atom. The first-order valence-electron chi connectivity index (χ1n) is 9.01. The zero-order valence-corrected chi connectivity index (χ0v) is 18.0. The first-order valence-corrected chi connectivity index (χ1v) is 9.01. The summed E-state index contributed by atoms with van der Waals surface area (Å²) in [6.45, 7) is 7.56. The number of nitrogens with one attached hydrogen (secondary N) is 1. The third-order valence-corrected chi connectivity index (χ3v) is 4.90. The molecule has 0 amide bonds. The molecular formula is C19H32FIN4. The van der Waals surface area contributed by atoms with Gasteiger partial charge in [0.1, 0.15) is 5.82 Å². The molecule has 0 atom stereocenters. The molecular weight excluding hydrogens is 430 g/mol. The summed E-state index contributed by atoms with van der Waals surface area (Å²) < 4.78 is 13.0. The lowest BCUT2D eigenvalue weighted by Gasteiger charge is -2.31. The van der Waals surface area contributed by atoms with Gasteiger partial charge in [0.25, 0.3) is 0 Å². The van der Waals surface area contributed by atoms with E-state index in [-0.39, 0.29) is 29.8 Å². The van der Waals surface area contributed by atoms with Crippen LogP contribution in [0.1, 0.15) is 31.7 Å². The van der Waals surface area contributed by atoms with Gasteiger partial charge in [-0.05, 0) is 62.5 Å². The quantitative estimate of drug-likeness (QED) is 0.399. The van der Waals surface area contributed by atoms with Crippen LogP contribution in [0.4, 0.5) is 4.39 Å². The molecule has 1 N–H and O–H groups in total. The van der Waals surface area contributed by atoms with E-state index in [9.17, 15) is 4.39 Å². The highest BCUT2D eigenvalue weighted by atomic mass is 127. The predicted molar refractivity (Wildman–Crippen MR) is 114 cm³/mol. The van der Waals surface area contributed by atoms with Gasteiger partial charge in [-0.15, -0.1) is 24.0 Å². The van der Waals surface area contributed by atoms with Crippen LogP contribution in [-0.2, 0) is 6.54 Å². The fourth-order valence-electron chi connectivity index (χ4n) is 3.30. The Morgan fingerprint density at radius 1 is 1.28 bits per heavy atom. The molecule has 0 bridgehead atoms. The van der Waals surface area contributed by atoms with Crippen molar-refractivity contribution in [3.05, 3.63) is 35.6 Å². The van der Waals surface area contributed by atoms with Crippen LogP contribution < -0.4 is 5.32 Å². The fourth-order valence-corrected chi connectivity index (χ4v) is 3.30. The van der Waals surface area contributed by atoms with Crippen LogP contribution >= 0.6 is 24.0 Å². The molecule has 1 aliphatic rings. The second kappa shape index (κ2) is 11.7. The molecule has 1 saturated heterocycles. The Balaban J connectivity index is 0.00000312. The summed E-state index contributed by atoms with van der Waals surface area (Å²) in [6, 6.07) is 6.64. The average molecular weight is 462 g/mol. The van der Waals surface area contributed by atoms with Crippen LogP contribution in [0, 0.1) is 11.7 Å². The Morgan fingerprint density at radius 3 is 2.48 bits per heavy atom. The van der Waals surface area contributed by atoms with Crippen molar-refractivity contribution in [2.45, 2.75) is 32.7 Å². The lowest BCUT2D eigenvalue weighted by atomic mass is 9.93. The summed E-state index contributed by atoms with van der Waals surface area (Å²) in [6.07, 6.45) is 3.81. The van der Waals surface area contributed by atoms with Crippen LogP contribution in [-0.4, -0.2) is 56.0 Å². The highest BCUT2D eigenvalue weighted by Gasteiger charge is 2.17. The first kappa shape index (κ1) is 22.2. The van der Waals surface area contributed by atoms with Gasteiger partial charge >= 0.3 is 0 Å². The third kappa shape index (κ3) is 7.48. The van der Waals surface area contributed by atoms with Crippen LogP contribution in [0.2, 0.25) is 0 Å². The smallest absolute Gasteiger partial charge is 0.193 e. The monoisotopic (exact) mass is 462 g/mol. The van der Waals surface area contributed by atoms with Crippen molar-refractivity contribution < 1.29 is 4.39 Å². The Labute approximate surface area is 168 Å². The zero-order valence-electron chi connectivity index (χ0n) is 15.7. The molecule has 1 heterocycles. The molecule has 1 aromatic rings. The van der Waals surface area contributed by atoms with Crippen LogP contribution in [0.5, 0.6) is 0 Å². The minimum absolute atomic E-state index is 0. The number of guanidine groups is 1. The number of nitrogens with zero attached hydrogens (tertiary/aromatic N) is 3. The summed E-state index contributed by atoms with van der Waals surface area (Å²) in [5.74, 6) is 1.52. The standard InChI is InChI=1S/C19H31FN4.HI/c1-4-24-13-10-16(11-14-24)9-12-22-19(21-2)23(3)15-17-5-7-18(20)8-6-17;/h5-8,16H,4,9-15H2,1-3H3,(H,21,22);1H. The molecule has 0 radical (unpaired) electrons. The maximum atomic E-state index is 13.0. The summed E-state index contributed by atoms with van der Waals surface area (Å²) in [5.41, 5.74) is 1.08. The number of aliphatic imine (C=N–C) groups is 1. The lowest BCUT2D eigenvalue weighted by Crippen LogP contribution is -2.40. The van der Waals surface area contributed by atoms with E-state index in [1.165, 1.54) is 51.0 Å². The van der Waals surface area contributed by atoms with Crippen molar-refractivity contribution in [2.75, 3.05) is 40.3 Å². The van der Waals surface area contributed by atoms with Gasteiger partial charge in [0.15, 0.2) is 5.96 Å². The van der Waals surface area contributed by atoms with E-state index in [1.807, 2.05) is 26.2 Å². The maximum absolute atomic E-state index is 13.0. The minimum atomic E-state index is -0.196. The van der Waals surface area contributed by atoms with E-state index in [2.05, 4.69) is 27.0 Å². The van der Waals surface area contributed by atoms with Crippen molar-refractivity contribution in [1.29, 1.82) is 0 Å². The number of rotatable bonds is 6. The molecule has 1 aromatic carbocycles. The fraction of sp³-hybridized carbons (Fsp3) is 0.632. The number of hydrogen-bond acceptors (Lipinski definition) is 2. The molecule has 2 rings (SSSR count). The van der Waals surface area contributed by atoms with Crippen LogP contribution in [0.15, 0.2) is 29.3 Å². The Hall–Kier alpha value is -0.890. The van der Waals surface area contributed by atoms with Crippen LogP contribution in [0.3, 0.4) is 0 Å². The van der Waals surface area contributed by atoms with Gasteiger partial charge in [-0.25, -0.2) is 4.39 Å². The summed E-state index contributed by atoms with van der Waals surface area (Å²) in [5, 5.41) is 3.46. The van der Waals surface area contributed by atoms with Gasteiger partial charge in [0.05, 0.1) is 0 Å². The first-order chi connectivity index (χ1) is 11.6. The van der Waals surface area contributed by atoms with Crippen molar-refractivity contribution in [1.82, 2.24) is 15.1 Å². The molecule has 0 spiro atoms. The molecule has 25 heavy (non-hydrogen) atoms. The molecule has 0 unspecified atom stereocenters. The maximum Gasteiger partial charge on any atom is 0.193 e. The van der Waals surface area contributed by atoms with E-state index in [4.69, 9.17) is 0 Å². The summed E-state index contributed by atoms with van der Waals surface area (Å²) in [4.78, 5) is 8.96. The SMILES string of the molecule is CCN1CCC(CCNC(=NC)N(C)Cc2ccc(F)cc2)CC1.I. The van der Waals surface area contributed by atoms with Gasteiger partial charge in [-0.3, -0.25) is 4.99 Å². The van der Waals surface area contributed by atoms with Gasteiger partial charge in [0, 0.05) is 27.2 Å². The summed E-state index contributed by atoms with van der Waals surface area (Å²) in [7, 11) is 3.82. The van der Waals surface area contributed by atoms with E-state index < -0.39 is 0 Å². The Kier molecular flexibility index (Phi) is 10.3. The topological polar surface area (TPSA) is 30.9 Å². The molecule has 1 fully saturated rings. The second-order valence-electron chi connectivity index (χ2n) is 6.62. The van der Waals surface area contributed by atoms with Gasteiger partial charge < -0.3 is 15.1 Å². The van der Waals surface area contributed by atoms with E-state index in [1.54, 1.807) is 0 Å².